The predicted molar refractivity (Wildman–Crippen MR) is 434 cm³/mol. The quantitative estimate of drug-likeness (QED) is 0.0354. The van der Waals surface area contributed by atoms with Gasteiger partial charge in [-0.1, -0.05) is 74.5 Å². The number of nitrogens with one attached hydrogen (secondary N) is 8. The van der Waals surface area contributed by atoms with E-state index in [0.717, 1.165) is 63.2 Å². The van der Waals surface area contributed by atoms with Crippen molar-refractivity contribution in [2.24, 2.45) is 18.9 Å². The predicted octanol–water partition coefficient (Wildman–Crippen LogP) is 11.0. The number of likely N-dealkylation sites (N-methyl/N-ethyl adjacent to an activating group) is 1. The van der Waals surface area contributed by atoms with Crippen LogP contribution in [0.4, 0.5) is 10.5 Å². The standard InChI is InChI=1S/C7H11NO3.C7H13NO.C7H9N.C6H12N2O.C6H11NO.C5H9NO2.C5H7NO.C5H11NO.C5H9NO.C5H11N.C5H7N.C5H13N.C5H10O2.3C2H6/c1-3-4-7(10)11-5-6(9)8-2;1-5-3-4-6(2)8-7(5)9;1-6-3-4-7(2)8-5-6;1-5-3-4-8(2)6(9)7-5;1-4(8)5-3-6(5)7-2;1-4(7)3-5(8)6-2;1-6-5-2-3-7-4-5;2*1-5(7)3-4-6-2;2*1-6-4-2-3-5-6;1-4-6(3)5-2;1-4(6)5(2)7-3;3*1-2/h3-4H,5H2,1-2H3,(H,8,9);5-6H,3-4H2,1-2H3,(H,8,9);3-5H,1-2H3;5H,3-4H2,1-2H3,(H,7,9);5-7H,3H2,1-2H3;3H2,1-2H3,(H,6,8);2-4,6H,1H3;6H,3-4H2,1-2H3;3-4,6H,1-2H3;2-5H2,1H3;2-5H,1H3;4-5H2,1-3H3;5H,1-3H3;3*1-2H3. The van der Waals surface area contributed by atoms with Gasteiger partial charge in [-0.3, -0.25) is 43.3 Å². The smallest absolute Gasteiger partial charge is 0.330 e. The number of carbonyl (C=O) groups excluding carboxylic acids is 10. The third-order valence-corrected chi connectivity index (χ3v) is 14.0. The van der Waals surface area contributed by atoms with E-state index >= 15 is 0 Å². The summed E-state index contributed by atoms with van der Waals surface area (Å²) in [6, 6.07) is 11.2. The minimum absolute atomic E-state index is 0.00347. The van der Waals surface area contributed by atoms with Crippen LogP contribution in [0.25, 0.3) is 0 Å². The Balaban J connectivity index is -0.000000135. The van der Waals surface area contributed by atoms with Crippen LogP contribution in [0.15, 0.2) is 90.3 Å². The minimum atomic E-state index is -0.504. The van der Waals surface area contributed by atoms with Crippen molar-refractivity contribution < 1.29 is 61.8 Å². The summed E-state index contributed by atoms with van der Waals surface area (Å²) in [4.78, 5) is 115. The molecule has 26 heteroatoms. The Morgan fingerprint density at radius 2 is 1.29 bits per heavy atom. The highest BCUT2D eigenvalue weighted by molar-refractivity contribution is 5.96. The lowest BCUT2D eigenvalue weighted by atomic mass is 9.97. The van der Waals surface area contributed by atoms with Gasteiger partial charge in [0.1, 0.15) is 29.7 Å². The Labute approximate surface area is 636 Å². The largest absolute Gasteiger partial charge is 0.470 e. The van der Waals surface area contributed by atoms with Crippen LogP contribution >= 0.6 is 0 Å². The van der Waals surface area contributed by atoms with Gasteiger partial charge in [-0.2, -0.15) is 0 Å². The Morgan fingerprint density at radius 1 is 0.743 bits per heavy atom. The third-order valence-electron chi connectivity index (χ3n) is 14.0. The van der Waals surface area contributed by atoms with Crippen molar-refractivity contribution in [1.82, 2.24) is 61.5 Å². The second kappa shape index (κ2) is 83.4. The average molecular weight is 1490 g/mol. The fraction of sp³-hybridized carbons (Fsp3) is 0.658. The number of hydrogen-bond donors (Lipinski definition) is 8. The molecule has 610 valence electrons. The molecule has 6 unspecified atom stereocenters. The molecule has 0 bridgehead atoms. The van der Waals surface area contributed by atoms with Gasteiger partial charge < -0.3 is 75.7 Å². The Bertz CT molecular complexity index is 2540. The lowest BCUT2D eigenvalue weighted by Crippen LogP contribution is -2.48. The second-order valence-corrected chi connectivity index (χ2v) is 23.5. The van der Waals surface area contributed by atoms with E-state index < -0.39 is 5.97 Å². The molecule has 3 aliphatic heterocycles. The van der Waals surface area contributed by atoms with E-state index in [2.05, 4.69) is 101 Å². The number of pyridine rings is 1. The van der Waals surface area contributed by atoms with Crippen LogP contribution in [-0.2, 0) is 59.7 Å². The first kappa shape index (κ1) is 116. The van der Waals surface area contributed by atoms with Crippen molar-refractivity contribution in [3.63, 3.8) is 0 Å². The summed E-state index contributed by atoms with van der Waals surface area (Å²) >= 11 is 0. The summed E-state index contributed by atoms with van der Waals surface area (Å²) in [6.45, 7) is 43.9. The van der Waals surface area contributed by atoms with Crippen LogP contribution in [-0.4, -0.2) is 224 Å². The molecule has 6 heterocycles. The van der Waals surface area contributed by atoms with Crippen LogP contribution < -0.4 is 42.5 Å². The fourth-order valence-electron chi connectivity index (χ4n) is 6.78. The molecule has 105 heavy (non-hydrogen) atoms. The van der Waals surface area contributed by atoms with E-state index in [9.17, 15) is 47.9 Å². The van der Waals surface area contributed by atoms with Crippen LogP contribution in [0.5, 0.6) is 0 Å². The molecule has 3 aromatic heterocycles. The number of likely N-dealkylation sites (tertiary alicyclic amines) is 1. The molecule has 1 saturated carbocycles. The zero-order chi connectivity index (χ0) is 83.3. The molecular weight excluding hydrogens is 1340 g/mol. The maximum atomic E-state index is 10.9. The van der Waals surface area contributed by atoms with E-state index in [1.807, 2.05) is 152 Å². The average Bonchev–Trinajstić information content (AvgIpc) is 1.69. The van der Waals surface area contributed by atoms with E-state index in [1.165, 1.54) is 85.6 Å². The number of ether oxygens (including phenoxy) is 2. The number of ketones is 5. The molecule has 4 aliphatic rings. The summed E-state index contributed by atoms with van der Waals surface area (Å²) in [6.07, 6.45) is 22.5. The van der Waals surface area contributed by atoms with Crippen molar-refractivity contribution in [3.8, 4) is 0 Å². The van der Waals surface area contributed by atoms with Gasteiger partial charge in [0, 0.05) is 129 Å². The van der Waals surface area contributed by atoms with Crippen molar-refractivity contribution in [2.75, 3.05) is 122 Å². The van der Waals surface area contributed by atoms with Crippen LogP contribution in [0.3, 0.4) is 0 Å². The summed E-state index contributed by atoms with van der Waals surface area (Å²) in [7, 11) is 19.9. The number of hydrogen-bond acceptors (Lipinski definition) is 20. The molecule has 0 aromatic carbocycles. The second-order valence-electron chi connectivity index (χ2n) is 23.5. The molecule has 0 spiro atoms. The summed E-state index contributed by atoms with van der Waals surface area (Å²) < 4.78 is 15.9. The number of nitrogens with zero attached hydrogens (tertiary/aromatic N) is 5. The van der Waals surface area contributed by atoms with Gasteiger partial charge in [-0.25, -0.2) is 9.59 Å². The maximum Gasteiger partial charge on any atom is 0.330 e. The van der Waals surface area contributed by atoms with E-state index in [1.54, 1.807) is 71.5 Å². The molecule has 1 aliphatic carbocycles. The number of allylic oxidation sites excluding steroid dienone is 2. The van der Waals surface area contributed by atoms with Gasteiger partial charge in [-0.05, 0) is 211 Å². The fourth-order valence-corrected chi connectivity index (χ4v) is 6.78. The van der Waals surface area contributed by atoms with Gasteiger partial charge in [-0.15, -0.1) is 0 Å². The Hall–Kier alpha value is -7.91. The first-order valence-electron chi connectivity index (χ1n) is 36.8. The molecule has 26 nitrogen and oxygen atoms in total. The molecule has 3 aromatic rings. The number of methoxy groups -OCH3 is 1. The zero-order valence-electron chi connectivity index (χ0n) is 71.2. The lowest BCUT2D eigenvalue weighted by Gasteiger charge is -2.27. The number of aryl methyl sites for hydroxylation is 3. The maximum absolute atomic E-state index is 10.9. The first-order chi connectivity index (χ1) is 49.6. The van der Waals surface area contributed by atoms with Crippen molar-refractivity contribution in [2.45, 2.75) is 214 Å². The monoisotopic (exact) mass is 1490 g/mol. The molecule has 0 radical (unpaired) electrons. The number of carbonyl (C=O) groups is 10. The van der Waals surface area contributed by atoms with Crippen molar-refractivity contribution in [3.05, 3.63) is 97.1 Å². The summed E-state index contributed by atoms with van der Waals surface area (Å²) in [5.41, 5.74) is 3.31. The molecule has 5 amide bonds. The highest BCUT2D eigenvalue weighted by Gasteiger charge is 2.39. The number of aromatic nitrogens is 2. The topological polar surface area (TPSA) is 326 Å². The number of anilines is 1. The summed E-state index contributed by atoms with van der Waals surface area (Å²) in [5, 5.41) is 21.9. The van der Waals surface area contributed by atoms with Gasteiger partial charge in [0.15, 0.2) is 18.2 Å². The third kappa shape index (κ3) is 90.2. The normalized spacial score (nSPS) is 15.9. The van der Waals surface area contributed by atoms with Gasteiger partial charge in [0.25, 0.3) is 5.91 Å². The zero-order valence-corrected chi connectivity index (χ0v) is 71.2. The number of esters is 1. The van der Waals surface area contributed by atoms with Crippen LogP contribution in [0.2, 0.25) is 0 Å². The Morgan fingerprint density at radius 3 is 1.51 bits per heavy atom. The van der Waals surface area contributed by atoms with Crippen molar-refractivity contribution >= 4 is 64.3 Å². The van der Waals surface area contributed by atoms with Gasteiger partial charge in [0.05, 0.1) is 18.4 Å². The molecule has 6 atom stereocenters. The SMILES string of the molecule is CC.CC.CC.CC1CCC(C)C(=O)N1.CC1CCN(C)C(=O)N1.CC=CC(=O)OCC(=O)NC.CCN(C)CC.CN1CCCC1.CNC(=O)CC(C)=O.CNC1CC1C(C)=O.CNC=CC(C)=O.CNCCC(C)=O.CNc1ccoc1.COC(C)C(C)=O.Cc1ccc(C)nc1.Cn1cccc1. The van der Waals surface area contributed by atoms with E-state index in [4.69, 9.17) is 4.42 Å². The number of urea groups is 1. The number of amides is 5. The molecule has 8 N–H and O–H groups in total. The van der Waals surface area contributed by atoms with E-state index in [0.29, 0.717) is 36.2 Å². The number of rotatable bonds is 17. The highest BCUT2D eigenvalue weighted by atomic mass is 16.5. The molecule has 4 fully saturated rings. The minimum Gasteiger partial charge on any atom is -0.470 e. The van der Waals surface area contributed by atoms with Crippen LogP contribution in [0.1, 0.15) is 187 Å². The highest BCUT2D eigenvalue weighted by Crippen LogP contribution is 2.30. The molecule has 3 saturated heterocycles. The van der Waals surface area contributed by atoms with Crippen molar-refractivity contribution in [1.29, 1.82) is 0 Å². The number of Topliss-reactive ketones (excluding diaryl/α,β-unsaturated/α-hetero) is 4. The number of furan rings is 1. The van der Waals surface area contributed by atoms with Gasteiger partial charge >= 0.3 is 12.0 Å². The lowest BCUT2D eigenvalue weighted by molar-refractivity contribution is -0.143. The summed E-state index contributed by atoms with van der Waals surface area (Å²) in [5.74, 6) is 0.339. The molecular formula is C79H151N13O13. The van der Waals surface area contributed by atoms with Crippen LogP contribution in [0, 0.1) is 25.7 Å². The van der Waals surface area contributed by atoms with E-state index in [-0.39, 0.29) is 71.9 Å². The van der Waals surface area contributed by atoms with Gasteiger partial charge in [0.2, 0.25) is 11.8 Å². The number of piperidine rings is 1. The molecule has 7 rings (SSSR count). The first-order valence-corrected chi connectivity index (χ1v) is 36.8. The Kier molecular flexibility index (Phi) is 91.7.